The van der Waals surface area contributed by atoms with E-state index in [1.807, 2.05) is 45.0 Å². The predicted molar refractivity (Wildman–Crippen MR) is 74.7 cm³/mol. The largest absolute Gasteiger partial charge is 0.485 e. The van der Waals surface area contributed by atoms with Crippen LogP contribution in [0.25, 0.3) is 11.0 Å². The molecule has 1 aliphatic rings. The first-order valence-corrected chi connectivity index (χ1v) is 6.46. The number of ether oxygens (including phenoxy) is 1. The lowest BCUT2D eigenvalue weighted by Crippen LogP contribution is -2.08. The molecular weight excluding hydrogens is 240 g/mol. The lowest BCUT2D eigenvalue weighted by Gasteiger charge is -2.07. The molecule has 0 unspecified atom stereocenters. The second kappa shape index (κ2) is 4.26. The first kappa shape index (κ1) is 12.0. The van der Waals surface area contributed by atoms with Crippen LogP contribution in [0.4, 0.5) is 0 Å². The van der Waals surface area contributed by atoms with Crippen LogP contribution in [0.2, 0.25) is 0 Å². The van der Waals surface area contributed by atoms with E-state index in [0.29, 0.717) is 23.3 Å². The third kappa shape index (κ3) is 1.86. The maximum Gasteiger partial charge on any atom is 0.343 e. The van der Waals surface area contributed by atoms with E-state index in [0.717, 1.165) is 10.9 Å². The predicted octanol–water partition coefficient (Wildman–Crippen LogP) is 3.76. The van der Waals surface area contributed by atoms with Crippen LogP contribution in [-0.4, -0.2) is 0 Å². The minimum atomic E-state index is -0.300. The van der Waals surface area contributed by atoms with Crippen molar-refractivity contribution in [3.8, 4) is 5.75 Å². The molecule has 3 rings (SSSR count). The van der Waals surface area contributed by atoms with Gasteiger partial charge in [-0.2, -0.15) is 0 Å². The smallest absolute Gasteiger partial charge is 0.343 e. The summed E-state index contributed by atoms with van der Waals surface area (Å²) in [5.41, 5.74) is 3.19. The molecule has 2 aromatic rings. The highest BCUT2D eigenvalue weighted by Crippen LogP contribution is 2.42. The van der Waals surface area contributed by atoms with Gasteiger partial charge in [-0.1, -0.05) is 23.8 Å². The molecule has 0 radical (unpaired) electrons. The summed E-state index contributed by atoms with van der Waals surface area (Å²) in [6, 6.07) is 5.73. The van der Waals surface area contributed by atoms with Crippen LogP contribution in [0.1, 0.15) is 38.0 Å². The monoisotopic (exact) mass is 256 g/mol. The average molecular weight is 256 g/mol. The minimum Gasteiger partial charge on any atom is -0.485 e. The van der Waals surface area contributed by atoms with Crippen molar-refractivity contribution in [2.75, 3.05) is 0 Å². The zero-order chi connectivity index (χ0) is 13.6. The van der Waals surface area contributed by atoms with Crippen molar-refractivity contribution in [3.63, 3.8) is 0 Å². The van der Waals surface area contributed by atoms with Crippen molar-refractivity contribution in [2.45, 2.75) is 33.3 Å². The number of hydrogen-bond acceptors (Lipinski definition) is 3. The van der Waals surface area contributed by atoms with E-state index in [-0.39, 0.29) is 11.7 Å². The van der Waals surface area contributed by atoms with Gasteiger partial charge in [-0.05, 0) is 26.8 Å². The van der Waals surface area contributed by atoms with Crippen LogP contribution < -0.4 is 10.4 Å². The normalized spacial score (nSPS) is 16.5. The summed E-state index contributed by atoms with van der Waals surface area (Å²) >= 11 is 0. The summed E-state index contributed by atoms with van der Waals surface area (Å²) in [5, 5.41) is 0.951. The van der Waals surface area contributed by atoms with E-state index in [4.69, 9.17) is 9.15 Å². The number of allylic oxidation sites excluding steroid dienone is 2. The van der Waals surface area contributed by atoms with E-state index < -0.39 is 0 Å². The fourth-order valence-electron chi connectivity index (χ4n) is 2.47. The van der Waals surface area contributed by atoms with Crippen LogP contribution in [-0.2, 0) is 6.42 Å². The molecule has 0 fully saturated rings. The third-order valence-electron chi connectivity index (χ3n) is 3.46. The molecular formula is C16H16O3. The number of rotatable bonds is 2. The first-order valence-electron chi connectivity index (χ1n) is 6.46. The zero-order valence-electron chi connectivity index (χ0n) is 11.3. The Labute approximate surface area is 111 Å². The van der Waals surface area contributed by atoms with E-state index in [9.17, 15) is 4.79 Å². The Morgan fingerprint density at radius 1 is 1.37 bits per heavy atom. The molecule has 19 heavy (non-hydrogen) atoms. The molecule has 3 heteroatoms. The molecule has 0 saturated carbocycles. The third-order valence-corrected chi connectivity index (χ3v) is 3.46. The van der Waals surface area contributed by atoms with Crippen LogP contribution in [0, 0.1) is 0 Å². The Kier molecular flexibility index (Phi) is 2.70. The summed E-state index contributed by atoms with van der Waals surface area (Å²) in [6.45, 7) is 6.01. The van der Waals surface area contributed by atoms with Gasteiger partial charge in [-0.15, -0.1) is 0 Å². The van der Waals surface area contributed by atoms with Gasteiger partial charge in [0.25, 0.3) is 0 Å². The summed E-state index contributed by atoms with van der Waals surface area (Å²) in [6.07, 6.45) is 2.54. The fraction of sp³-hybridized carbons (Fsp3) is 0.312. The van der Waals surface area contributed by atoms with Gasteiger partial charge >= 0.3 is 5.63 Å². The number of hydrogen-bond donors (Lipinski definition) is 0. The second-order valence-electron chi connectivity index (χ2n) is 5.16. The molecule has 98 valence electrons. The van der Waals surface area contributed by atoms with Crippen molar-refractivity contribution in [2.24, 2.45) is 0 Å². The van der Waals surface area contributed by atoms with Gasteiger partial charge in [0.15, 0.2) is 0 Å². The Hall–Kier alpha value is -2.03. The van der Waals surface area contributed by atoms with E-state index in [2.05, 4.69) is 0 Å². The quantitative estimate of drug-likeness (QED) is 0.606. The fourth-order valence-corrected chi connectivity index (χ4v) is 2.47. The summed E-state index contributed by atoms with van der Waals surface area (Å²) in [4.78, 5) is 12.1. The Bertz CT molecular complexity index is 733. The van der Waals surface area contributed by atoms with Gasteiger partial charge in [0.2, 0.25) is 0 Å². The van der Waals surface area contributed by atoms with Crippen LogP contribution in [0.3, 0.4) is 0 Å². The van der Waals surface area contributed by atoms with E-state index >= 15 is 0 Å². The molecule has 0 saturated heterocycles. The second-order valence-corrected chi connectivity index (χ2v) is 5.16. The Balaban J connectivity index is 2.28. The van der Waals surface area contributed by atoms with Gasteiger partial charge in [-0.25, -0.2) is 4.79 Å². The van der Waals surface area contributed by atoms with Gasteiger partial charge in [-0.3, -0.25) is 0 Å². The highest BCUT2D eigenvalue weighted by Gasteiger charge is 2.27. The van der Waals surface area contributed by atoms with Gasteiger partial charge < -0.3 is 9.15 Å². The molecule has 1 aliphatic heterocycles. The summed E-state index contributed by atoms with van der Waals surface area (Å²) in [5.74, 6) is 0.701. The summed E-state index contributed by atoms with van der Waals surface area (Å²) < 4.78 is 11.3. The molecule has 1 aromatic carbocycles. The Morgan fingerprint density at radius 2 is 2.16 bits per heavy atom. The lowest BCUT2D eigenvalue weighted by molar-refractivity contribution is 0.243. The van der Waals surface area contributed by atoms with Crippen molar-refractivity contribution >= 4 is 11.0 Å². The molecule has 3 nitrogen and oxygen atoms in total. The molecule has 0 N–H and O–H groups in total. The van der Waals surface area contributed by atoms with Gasteiger partial charge in [0, 0.05) is 12.0 Å². The SMILES string of the molecule is CC(C)=CCc1c2c3c(cccc3oc1=O)[C@@H](C)O2. The highest BCUT2D eigenvalue weighted by atomic mass is 16.5. The number of benzene rings is 1. The maximum absolute atomic E-state index is 12.1. The van der Waals surface area contributed by atoms with Gasteiger partial charge in [0.05, 0.1) is 10.9 Å². The van der Waals surface area contributed by atoms with Crippen LogP contribution >= 0.6 is 0 Å². The zero-order valence-corrected chi connectivity index (χ0v) is 11.3. The van der Waals surface area contributed by atoms with Crippen LogP contribution in [0.15, 0.2) is 39.1 Å². The molecule has 1 atom stereocenters. The van der Waals surface area contributed by atoms with Crippen LogP contribution in [0.5, 0.6) is 5.75 Å². The molecule has 0 aliphatic carbocycles. The van der Waals surface area contributed by atoms with Crippen molar-refractivity contribution in [1.29, 1.82) is 0 Å². The molecule has 1 aromatic heterocycles. The molecule has 0 amide bonds. The van der Waals surface area contributed by atoms with E-state index in [1.165, 1.54) is 5.57 Å². The maximum atomic E-state index is 12.1. The highest BCUT2D eigenvalue weighted by molar-refractivity contribution is 5.90. The standard InChI is InChI=1S/C16H16O3/c1-9(2)7-8-12-15-14-11(10(3)18-15)5-4-6-13(14)19-16(12)17/h4-7,10H,8H2,1-3H3/t10-/m1/s1. The van der Waals surface area contributed by atoms with Crippen molar-refractivity contribution in [3.05, 3.63) is 51.4 Å². The topological polar surface area (TPSA) is 39.4 Å². The first-order chi connectivity index (χ1) is 9.08. The summed E-state index contributed by atoms with van der Waals surface area (Å²) in [7, 11) is 0. The van der Waals surface area contributed by atoms with Gasteiger partial charge in [0.1, 0.15) is 17.4 Å². The minimum absolute atomic E-state index is 0.0267. The molecule has 2 heterocycles. The molecule has 0 spiro atoms. The average Bonchev–Trinajstić information content (AvgIpc) is 2.68. The molecule has 0 bridgehead atoms. The lowest BCUT2D eigenvalue weighted by atomic mass is 10.0. The van der Waals surface area contributed by atoms with Crippen molar-refractivity contribution < 1.29 is 9.15 Å². The Morgan fingerprint density at radius 3 is 2.89 bits per heavy atom. The van der Waals surface area contributed by atoms with Crippen molar-refractivity contribution in [1.82, 2.24) is 0 Å². The van der Waals surface area contributed by atoms with E-state index in [1.54, 1.807) is 0 Å².